The summed E-state index contributed by atoms with van der Waals surface area (Å²) in [6, 6.07) is 17.8. The van der Waals surface area contributed by atoms with Crippen molar-refractivity contribution < 1.29 is 87.2 Å². The number of carbonyl (C=O) groups is 15. The highest BCUT2D eigenvalue weighted by molar-refractivity contribution is 7.80. The summed E-state index contributed by atoms with van der Waals surface area (Å²) in [7, 11) is 0. The highest BCUT2D eigenvalue weighted by atomic mass is 32.1. The molecule has 1 aromatic heterocycles. The molecule has 14 atom stereocenters. The normalized spacial score (nSPS) is 14.8. The van der Waals surface area contributed by atoms with E-state index in [-0.39, 0.29) is 94.2 Å². The summed E-state index contributed by atoms with van der Waals surface area (Å²) in [5, 5.41) is 49.3. The molecular formula is C81H117N15O18S2. The topological polar surface area (TPSA) is 572 Å². The minimum absolute atomic E-state index is 0.00404. The Balaban J connectivity index is 1.52. The van der Waals surface area contributed by atoms with Gasteiger partial charge in [-0.1, -0.05) is 104 Å². The lowest BCUT2D eigenvalue weighted by Gasteiger charge is -2.27. The van der Waals surface area contributed by atoms with Gasteiger partial charge in [0.25, 0.3) is 0 Å². The van der Waals surface area contributed by atoms with Gasteiger partial charge in [-0.3, -0.25) is 76.9 Å². The van der Waals surface area contributed by atoms with Gasteiger partial charge < -0.3 is 86.2 Å². The Morgan fingerprint density at radius 1 is 0.457 bits per heavy atom. The Labute approximate surface area is 686 Å². The molecule has 33 nitrogen and oxygen atoms in total. The van der Waals surface area contributed by atoms with Crippen LogP contribution in [-0.2, 0) is 97.6 Å². The molecule has 0 aliphatic rings. The second-order valence-corrected chi connectivity index (χ2v) is 29.9. The maximum absolute atomic E-state index is 15.0. The van der Waals surface area contributed by atoms with Crippen LogP contribution in [0.1, 0.15) is 152 Å². The van der Waals surface area contributed by atoms with E-state index < -0.39 is 217 Å². The number of imidazole rings is 1. The van der Waals surface area contributed by atoms with Gasteiger partial charge >= 0.3 is 5.97 Å². The molecule has 14 unspecified atom stereocenters. The molecule has 636 valence electrons. The first kappa shape index (κ1) is 98.3. The fourth-order valence-electron chi connectivity index (χ4n) is 13.2. The molecule has 35 heteroatoms. The number of H-pyrrole nitrogens is 1. The zero-order valence-corrected chi connectivity index (χ0v) is 67.9. The van der Waals surface area contributed by atoms with Crippen molar-refractivity contribution in [1.82, 2.24) is 47.2 Å². The molecule has 116 heavy (non-hydrogen) atoms. The van der Waals surface area contributed by atoms with E-state index in [4.69, 9.17) is 33.8 Å². The second kappa shape index (κ2) is 53.2. The number of nitrogens with one attached hydrogen (secondary N) is 8. The average molecular weight is 1650 g/mol. The van der Waals surface area contributed by atoms with Gasteiger partial charge in [0.2, 0.25) is 47.3 Å². The van der Waals surface area contributed by atoms with E-state index >= 15 is 0 Å². The number of hydrogen-bond acceptors (Lipinski definition) is 23. The van der Waals surface area contributed by atoms with Crippen LogP contribution in [-0.4, -0.2) is 205 Å². The van der Waals surface area contributed by atoms with E-state index in [9.17, 15) is 82.1 Å². The molecular weight excluding hydrogens is 1540 g/mol. The number of nitrogens with zero attached hydrogens (tertiary/aromatic N) is 2. The summed E-state index contributed by atoms with van der Waals surface area (Å²) < 4.78 is 0. The third kappa shape index (κ3) is 36.4. The molecule has 0 fully saturated rings. The number of rotatable bonds is 60. The number of hydrogen-bond donors (Lipinski definition) is 18. The third-order valence-electron chi connectivity index (χ3n) is 19.8. The van der Waals surface area contributed by atoms with Gasteiger partial charge in [0, 0.05) is 105 Å². The van der Waals surface area contributed by atoms with Crippen LogP contribution in [0.5, 0.6) is 0 Å². The second-order valence-electron chi connectivity index (χ2n) is 29.2. The minimum Gasteiger partial charge on any atom is -0.480 e. The SMILES string of the molecule is CCC(CCCCN)C(=O)NC(Cc1ccccc1)C(=O)CC(Cc1ccccc1)C(=O)NC(Cc1cnc[nH]1)C(=O)CC(CCCN=C(N)N)C(=O)NC(C(=O)CC(CS)C(=O)NC(CCCCN)C(=O)CC(CS)C(=O)NC(C(=O)CCC(=O)NC(CC(N)=O)C(=O)CC(Cc1ccccc1)C(=O)NCC(=O)O)C(C)O)C(C)O. The van der Waals surface area contributed by atoms with Gasteiger partial charge in [0.1, 0.15) is 18.6 Å². The van der Waals surface area contributed by atoms with Crippen LogP contribution in [0, 0.1) is 35.5 Å². The number of carboxylic acid groups (broad SMARTS) is 1. The fourth-order valence-corrected chi connectivity index (χ4v) is 13.7. The zero-order valence-electron chi connectivity index (χ0n) is 66.1. The van der Waals surface area contributed by atoms with Gasteiger partial charge in [0.15, 0.2) is 40.7 Å². The number of guanidine groups is 1. The Bertz CT molecular complexity index is 3880. The van der Waals surface area contributed by atoms with Crippen LogP contribution in [0.3, 0.4) is 0 Å². The Hall–Kier alpha value is -10.1. The van der Waals surface area contributed by atoms with Crippen molar-refractivity contribution in [3.05, 3.63) is 126 Å². The van der Waals surface area contributed by atoms with Gasteiger partial charge in [-0.2, -0.15) is 25.3 Å². The maximum atomic E-state index is 15.0. The van der Waals surface area contributed by atoms with Crippen LogP contribution >= 0.6 is 25.3 Å². The summed E-state index contributed by atoms with van der Waals surface area (Å²) in [4.78, 5) is 219. The molecule has 8 amide bonds. The van der Waals surface area contributed by atoms with E-state index in [1.807, 2.05) is 37.3 Å². The summed E-state index contributed by atoms with van der Waals surface area (Å²) in [5.41, 5.74) is 30.7. The number of aliphatic hydroxyl groups excluding tert-OH is 2. The van der Waals surface area contributed by atoms with E-state index in [2.05, 4.69) is 77.4 Å². The molecule has 1 heterocycles. The smallest absolute Gasteiger partial charge is 0.322 e. The first-order valence-electron chi connectivity index (χ1n) is 39.2. The van der Waals surface area contributed by atoms with Crippen molar-refractivity contribution in [2.24, 2.45) is 69.2 Å². The molecule has 0 bridgehead atoms. The predicted molar refractivity (Wildman–Crippen MR) is 439 cm³/mol. The molecule has 0 radical (unpaired) electrons. The third-order valence-corrected chi connectivity index (χ3v) is 20.7. The van der Waals surface area contributed by atoms with Crippen molar-refractivity contribution in [1.29, 1.82) is 0 Å². The maximum Gasteiger partial charge on any atom is 0.322 e. The van der Waals surface area contributed by atoms with E-state index in [0.717, 1.165) is 12.0 Å². The number of benzene rings is 3. The number of aromatic amines is 1. The van der Waals surface area contributed by atoms with Crippen LogP contribution < -0.4 is 65.9 Å². The van der Waals surface area contributed by atoms with Crippen LogP contribution in [0.15, 0.2) is 109 Å². The summed E-state index contributed by atoms with van der Waals surface area (Å²) in [5.74, 6) is -19.5. The predicted octanol–water partition coefficient (Wildman–Crippen LogP) is 0.851. The number of amides is 8. The number of ketones is 6. The highest BCUT2D eigenvalue weighted by Crippen LogP contribution is 2.24. The Kier molecular flexibility index (Phi) is 45.1. The van der Waals surface area contributed by atoms with Gasteiger partial charge in [-0.15, -0.1) is 0 Å². The van der Waals surface area contributed by atoms with Crippen molar-refractivity contribution in [3.8, 4) is 0 Å². The highest BCUT2D eigenvalue weighted by Gasteiger charge is 2.39. The molecule has 3 aromatic carbocycles. The molecule has 4 aromatic rings. The van der Waals surface area contributed by atoms with Gasteiger partial charge in [-0.25, -0.2) is 4.98 Å². The van der Waals surface area contributed by atoms with Gasteiger partial charge in [-0.05, 0) is 114 Å². The number of carbonyl (C=O) groups excluding carboxylic acids is 14. The summed E-state index contributed by atoms with van der Waals surface area (Å²) in [6.45, 7) is 4.18. The van der Waals surface area contributed by atoms with E-state index in [0.29, 0.717) is 49.0 Å². The van der Waals surface area contributed by atoms with Crippen molar-refractivity contribution in [2.45, 2.75) is 204 Å². The van der Waals surface area contributed by atoms with Crippen molar-refractivity contribution in [2.75, 3.05) is 37.7 Å². The fraction of sp³-hybridized carbons (Fsp3) is 0.543. The zero-order chi connectivity index (χ0) is 85.8. The number of aliphatic hydroxyl groups is 2. The van der Waals surface area contributed by atoms with Crippen LogP contribution in [0.25, 0.3) is 0 Å². The quantitative estimate of drug-likeness (QED) is 0.0126. The van der Waals surface area contributed by atoms with Crippen LogP contribution in [0.2, 0.25) is 0 Å². The van der Waals surface area contributed by atoms with Crippen LogP contribution in [0.4, 0.5) is 0 Å². The van der Waals surface area contributed by atoms with Crippen molar-refractivity contribution in [3.63, 3.8) is 0 Å². The lowest BCUT2D eigenvalue weighted by molar-refractivity contribution is -0.139. The molecule has 21 N–H and O–H groups in total. The number of primary amides is 1. The summed E-state index contributed by atoms with van der Waals surface area (Å²) >= 11 is 8.68. The van der Waals surface area contributed by atoms with Gasteiger partial charge in [0.05, 0.1) is 61.0 Å². The lowest BCUT2D eigenvalue weighted by atomic mass is 9.88. The molecule has 0 aliphatic heterocycles. The van der Waals surface area contributed by atoms with Crippen molar-refractivity contribution >= 4 is 119 Å². The monoisotopic (exact) mass is 1650 g/mol. The molecule has 0 spiro atoms. The Morgan fingerprint density at radius 3 is 1.36 bits per heavy atom. The van der Waals surface area contributed by atoms with E-state index in [1.165, 1.54) is 26.4 Å². The number of thiol groups is 2. The molecule has 4 rings (SSSR count). The summed E-state index contributed by atoms with van der Waals surface area (Å²) in [6.07, 6.45) is -1.97. The number of unbranched alkanes of at least 4 members (excludes halogenated alkanes) is 2. The van der Waals surface area contributed by atoms with E-state index in [1.54, 1.807) is 60.7 Å². The first-order chi connectivity index (χ1) is 55.3. The lowest BCUT2D eigenvalue weighted by Crippen LogP contribution is -2.52. The number of aromatic nitrogens is 2. The first-order valence-corrected chi connectivity index (χ1v) is 40.5. The number of aliphatic carboxylic acids is 1. The number of carboxylic acids is 1. The minimum atomic E-state index is -1.71. The molecule has 0 aliphatic carbocycles. The standard InChI is InChI=1S/C81H117N15O18S2/c1-4-53(25-14-16-30-82)76(110)93-61(35-52-23-12-7-13-24-52)67(102)38-56(34-51-21-10-6-11-22-51)78(112)94-62(41-59-43-87-47-90-59)66(101)36-54(26-18-32-88-81(85)86)77(111)96-74(49(3)98)69(104)40-58(46-116)79(113)92-60(27-15-17-31-83)65(100)39-57(45-115)80(114)95-73(48(2)97)64(99)28-29-71(106)91-63(42-70(84)105)68(103)37-55(75(109)89-44-72(107)108)33-50-19-8-5-9-20-50/h5-13,19-24,43,47-49,53-58,60-63,73-74,97-98,115-116H,4,14-18,25-42,44-46,82-83H2,1-3H3,(H2,84,105)(H,87,90)(H,89,109)(H,91,106)(H,92,113)(H,93,110)(H,94,112)(H,95,114)(H,96,111)(H,107,108)(H4,85,86,88). The molecule has 0 saturated carbocycles. The average Bonchev–Trinajstić information content (AvgIpc) is 0.971. The molecule has 0 saturated heterocycles. The largest absolute Gasteiger partial charge is 0.480 e. The number of Topliss-reactive ketones (excluding diaryl/α,β-unsaturated/α-hetero) is 6. The number of aliphatic imine (C=N–C) groups is 1. The number of nitrogens with two attached hydrogens (primary N) is 5. The Morgan fingerprint density at radius 2 is 0.879 bits per heavy atom.